The Kier molecular flexibility index (Phi) is 6.45. The second-order valence-electron chi connectivity index (χ2n) is 6.37. The lowest BCUT2D eigenvalue weighted by atomic mass is 10.4. The van der Waals surface area contributed by atoms with E-state index in [9.17, 15) is 26.0 Å². The van der Waals surface area contributed by atoms with Crippen LogP contribution in [0.5, 0.6) is 5.75 Å². The second kappa shape index (κ2) is 8.74. The van der Waals surface area contributed by atoms with Gasteiger partial charge in [-0.05, 0) is 0 Å². The molecule has 0 N–H and O–H groups in total. The molecule has 3 aromatic rings. The molecule has 0 saturated heterocycles. The molecule has 0 saturated carbocycles. The number of halogens is 4. The van der Waals surface area contributed by atoms with Gasteiger partial charge in [-0.1, -0.05) is 0 Å². The lowest BCUT2D eigenvalue weighted by Gasteiger charge is -2.21. The molecule has 0 aliphatic heterocycles. The molecule has 0 aromatic carbocycles. The van der Waals surface area contributed by atoms with Crippen LogP contribution < -0.4 is 9.04 Å². The highest BCUT2D eigenvalue weighted by molar-refractivity contribution is 7.92. The fourth-order valence-electron chi connectivity index (χ4n) is 2.26. The van der Waals surface area contributed by atoms with E-state index in [1.54, 1.807) is 0 Å². The lowest BCUT2D eigenvalue weighted by Crippen LogP contribution is -2.29. The molecular weight excluding hydrogens is 466 g/mol. The maximum Gasteiger partial charge on any atom is 0.314 e. The summed E-state index contributed by atoms with van der Waals surface area (Å²) in [5.41, 5.74) is 0.0638. The molecule has 0 aliphatic carbocycles. The number of thiazole rings is 1. The molecule has 0 fully saturated rings. The molecule has 3 heterocycles. The van der Waals surface area contributed by atoms with Crippen LogP contribution in [0.3, 0.4) is 0 Å². The maximum absolute atomic E-state index is 13.0. The van der Waals surface area contributed by atoms with Crippen LogP contribution in [-0.2, 0) is 16.6 Å². The van der Waals surface area contributed by atoms with Crippen molar-refractivity contribution in [2.24, 2.45) is 0 Å². The second-order valence-corrected chi connectivity index (χ2v) is 9.39. The standard InChI is InChI=1S/C16H15F4N5O4S2/c1-16(19,20)8-28-10-3-9(4-21-5-10)25(31(2,26)27)7-12-22-6-11(30-12)14-23-24-15(29-14)13(17)18/h3-6,13H,7-8H2,1-2H3. The molecule has 9 nitrogen and oxygen atoms in total. The van der Waals surface area contributed by atoms with Gasteiger partial charge in [0.2, 0.25) is 10.0 Å². The van der Waals surface area contributed by atoms with Crippen molar-refractivity contribution in [2.75, 3.05) is 17.2 Å². The van der Waals surface area contributed by atoms with Crippen molar-refractivity contribution >= 4 is 27.0 Å². The monoisotopic (exact) mass is 481 g/mol. The van der Waals surface area contributed by atoms with Gasteiger partial charge in [0.05, 0.1) is 37.1 Å². The molecule has 168 valence electrons. The molecule has 0 aliphatic rings. The zero-order valence-electron chi connectivity index (χ0n) is 16.0. The Bertz CT molecular complexity index is 1150. The average molecular weight is 481 g/mol. The van der Waals surface area contributed by atoms with E-state index in [0.717, 1.165) is 21.9 Å². The van der Waals surface area contributed by atoms with Gasteiger partial charge in [-0.15, -0.1) is 21.5 Å². The van der Waals surface area contributed by atoms with Gasteiger partial charge in [0.25, 0.3) is 17.7 Å². The molecule has 0 spiro atoms. The summed E-state index contributed by atoms with van der Waals surface area (Å²) in [6, 6.07) is 1.25. The predicted octanol–water partition coefficient (Wildman–Crippen LogP) is 3.53. The zero-order valence-corrected chi connectivity index (χ0v) is 17.6. The van der Waals surface area contributed by atoms with Gasteiger partial charge in [0.15, 0.2) is 6.61 Å². The number of pyridine rings is 1. The summed E-state index contributed by atoms with van der Waals surface area (Å²) in [4.78, 5) is 8.17. The third-order valence-electron chi connectivity index (χ3n) is 3.55. The number of hydrogen-bond acceptors (Lipinski definition) is 9. The number of ether oxygens (including phenoxy) is 1. The summed E-state index contributed by atoms with van der Waals surface area (Å²) < 4.78 is 86.6. The number of nitrogens with zero attached hydrogens (tertiary/aromatic N) is 5. The quantitative estimate of drug-likeness (QED) is 0.427. The Morgan fingerprint density at radius 1 is 1.26 bits per heavy atom. The Hall–Kier alpha value is -2.81. The average Bonchev–Trinajstić information content (AvgIpc) is 3.32. The van der Waals surface area contributed by atoms with Crippen LogP contribution in [-0.4, -0.2) is 47.4 Å². The Morgan fingerprint density at radius 2 is 2.00 bits per heavy atom. The molecule has 0 atom stereocenters. The van der Waals surface area contributed by atoms with Crippen LogP contribution in [0.4, 0.5) is 23.2 Å². The van der Waals surface area contributed by atoms with E-state index in [4.69, 9.17) is 9.15 Å². The first-order valence-corrected chi connectivity index (χ1v) is 11.1. The molecular formula is C16H15F4N5O4S2. The SMILES string of the molecule is CC(F)(F)COc1cncc(N(Cc2ncc(-c3nnc(C(F)F)o3)s2)S(C)(=O)=O)c1. The first-order chi connectivity index (χ1) is 14.4. The number of hydrogen-bond donors (Lipinski definition) is 0. The smallest absolute Gasteiger partial charge is 0.314 e. The van der Waals surface area contributed by atoms with Crippen LogP contribution >= 0.6 is 11.3 Å². The maximum atomic E-state index is 13.0. The van der Waals surface area contributed by atoms with Gasteiger partial charge in [-0.3, -0.25) is 9.29 Å². The third kappa shape index (κ3) is 6.10. The minimum atomic E-state index is -3.83. The fraction of sp³-hybridized carbons (Fsp3) is 0.375. The highest BCUT2D eigenvalue weighted by atomic mass is 32.2. The van der Waals surface area contributed by atoms with Crippen molar-refractivity contribution in [3.8, 4) is 16.5 Å². The van der Waals surface area contributed by atoms with E-state index >= 15 is 0 Å². The van der Waals surface area contributed by atoms with Gasteiger partial charge in [0, 0.05) is 13.0 Å². The molecule has 0 unspecified atom stereocenters. The first-order valence-electron chi connectivity index (χ1n) is 8.42. The van der Waals surface area contributed by atoms with E-state index in [1.807, 2.05) is 0 Å². The number of sulfonamides is 1. The van der Waals surface area contributed by atoms with Crippen LogP contribution in [0.15, 0.2) is 29.1 Å². The van der Waals surface area contributed by atoms with E-state index in [0.29, 0.717) is 6.92 Å². The number of aromatic nitrogens is 4. The minimum absolute atomic E-state index is 0.0436. The molecule has 0 radical (unpaired) electrons. The first kappa shape index (κ1) is 22.9. The number of rotatable bonds is 9. The summed E-state index contributed by atoms with van der Waals surface area (Å²) in [6.45, 7) is -0.465. The molecule has 15 heteroatoms. The Labute approximate surface area is 177 Å². The summed E-state index contributed by atoms with van der Waals surface area (Å²) in [5, 5.41) is 7.02. The predicted molar refractivity (Wildman–Crippen MR) is 102 cm³/mol. The lowest BCUT2D eigenvalue weighted by molar-refractivity contribution is -0.0230. The van der Waals surface area contributed by atoms with E-state index in [2.05, 4.69) is 20.2 Å². The van der Waals surface area contributed by atoms with Crippen molar-refractivity contribution in [1.82, 2.24) is 20.2 Å². The molecule has 0 amide bonds. The van der Waals surface area contributed by atoms with E-state index in [-0.39, 0.29) is 33.8 Å². The highest BCUT2D eigenvalue weighted by Crippen LogP contribution is 2.30. The fourth-order valence-corrected chi connectivity index (χ4v) is 4.01. The number of alkyl halides is 4. The van der Waals surface area contributed by atoms with Gasteiger partial charge in [-0.2, -0.15) is 8.78 Å². The van der Waals surface area contributed by atoms with Crippen molar-refractivity contribution < 1.29 is 35.1 Å². The topological polar surface area (TPSA) is 111 Å². The third-order valence-corrected chi connectivity index (χ3v) is 5.66. The zero-order chi connectivity index (χ0) is 22.8. The van der Waals surface area contributed by atoms with Crippen LogP contribution in [0.1, 0.15) is 24.2 Å². The Balaban J connectivity index is 1.83. The van der Waals surface area contributed by atoms with Crippen LogP contribution in [0.25, 0.3) is 10.8 Å². The molecule has 0 bridgehead atoms. The van der Waals surface area contributed by atoms with E-state index in [1.165, 1.54) is 24.7 Å². The van der Waals surface area contributed by atoms with Crippen LogP contribution in [0.2, 0.25) is 0 Å². The van der Waals surface area contributed by atoms with Gasteiger partial charge in [-0.25, -0.2) is 22.2 Å². The highest BCUT2D eigenvalue weighted by Gasteiger charge is 2.24. The van der Waals surface area contributed by atoms with Crippen molar-refractivity contribution in [1.29, 1.82) is 0 Å². The van der Waals surface area contributed by atoms with Crippen molar-refractivity contribution in [2.45, 2.75) is 25.8 Å². The minimum Gasteiger partial charge on any atom is -0.486 e. The summed E-state index contributed by atoms with van der Waals surface area (Å²) in [5.74, 6) is -4.15. The van der Waals surface area contributed by atoms with Crippen molar-refractivity contribution in [3.05, 3.63) is 35.6 Å². The summed E-state index contributed by atoms with van der Waals surface area (Å²) >= 11 is 0.959. The molecule has 3 rings (SSSR count). The summed E-state index contributed by atoms with van der Waals surface area (Å²) in [6.07, 6.45) is 1.70. The molecule has 31 heavy (non-hydrogen) atoms. The van der Waals surface area contributed by atoms with Gasteiger partial charge in [0.1, 0.15) is 15.6 Å². The van der Waals surface area contributed by atoms with Gasteiger partial charge < -0.3 is 9.15 Å². The molecule has 3 aromatic heterocycles. The Morgan fingerprint density at radius 3 is 2.61 bits per heavy atom. The van der Waals surface area contributed by atoms with Gasteiger partial charge >= 0.3 is 6.43 Å². The normalized spacial score (nSPS) is 12.4. The van der Waals surface area contributed by atoms with Crippen LogP contribution in [0, 0.1) is 0 Å². The summed E-state index contributed by atoms with van der Waals surface area (Å²) in [7, 11) is -3.83. The van der Waals surface area contributed by atoms with Crippen molar-refractivity contribution in [3.63, 3.8) is 0 Å². The van der Waals surface area contributed by atoms with E-state index < -0.39 is 34.9 Å². The largest absolute Gasteiger partial charge is 0.486 e. The number of anilines is 1.